The maximum Gasteiger partial charge on any atom is 0.132 e. The molecule has 0 saturated carbocycles. The van der Waals surface area contributed by atoms with E-state index in [1.165, 1.54) is 24.3 Å². The molecule has 2 aromatic carbocycles. The zero-order valence-electron chi connectivity index (χ0n) is 10.9. The molecule has 2 aromatic rings. The summed E-state index contributed by atoms with van der Waals surface area (Å²) in [6.07, 6.45) is 0. The van der Waals surface area contributed by atoms with E-state index in [0.29, 0.717) is 28.1 Å². The minimum atomic E-state index is -0.398. The summed E-state index contributed by atoms with van der Waals surface area (Å²) in [4.78, 5) is 0. The Morgan fingerprint density at radius 3 is 2.60 bits per heavy atom. The lowest BCUT2D eigenvalue weighted by Gasteiger charge is -2.12. The van der Waals surface area contributed by atoms with Crippen molar-refractivity contribution in [2.75, 3.05) is 6.54 Å². The van der Waals surface area contributed by atoms with Gasteiger partial charge in [0.1, 0.15) is 23.1 Å². The highest BCUT2D eigenvalue weighted by molar-refractivity contribution is 9.10. The van der Waals surface area contributed by atoms with Crippen molar-refractivity contribution in [2.45, 2.75) is 13.5 Å². The van der Waals surface area contributed by atoms with Crippen molar-refractivity contribution in [3.8, 4) is 11.5 Å². The zero-order valence-corrected chi connectivity index (χ0v) is 12.5. The molecule has 0 bridgehead atoms. The van der Waals surface area contributed by atoms with Crippen molar-refractivity contribution in [1.82, 2.24) is 5.32 Å². The number of ether oxygens (including phenoxy) is 1. The first-order valence-electron chi connectivity index (χ1n) is 6.21. The first-order valence-corrected chi connectivity index (χ1v) is 7.01. The van der Waals surface area contributed by atoms with Crippen LogP contribution in [0.2, 0.25) is 0 Å². The molecule has 0 aliphatic carbocycles. The second kappa shape index (κ2) is 6.81. The molecule has 0 saturated heterocycles. The molecule has 0 unspecified atom stereocenters. The van der Waals surface area contributed by atoms with E-state index in [1.807, 2.05) is 6.92 Å². The number of rotatable bonds is 5. The quantitative estimate of drug-likeness (QED) is 0.856. The van der Waals surface area contributed by atoms with Gasteiger partial charge in [-0.15, -0.1) is 0 Å². The number of hydrogen-bond donors (Lipinski definition) is 1. The van der Waals surface area contributed by atoms with Gasteiger partial charge in [0.15, 0.2) is 0 Å². The molecule has 0 aliphatic heterocycles. The normalized spacial score (nSPS) is 10.6. The maximum atomic E-state index is 13.3. The van der Waals surface area contributed by atoms with E-state index in [0.717, 1.165) is 6.54 Å². The standard InChI is InChI=1S/C15H14BrF2NO/c1-2-19-9-10-5-12(17)3-4-15(10)20-14-7-11(16)6-13(18)8-14/h3-8,19H,2,9H2,1H3. The van der Waals surface area contributed by atoms with Crippen LogP contribution in [-0.4, -0.2) is 6.54 Å². The van der Waals surface area contributed by atoms with Gasteiger partial charge in [-0.3, -0.25) is 0 Å². The van der Waals surface area contributed by atoms with Crippen LogP contribution in [0.15, 0.2) is 40.9 Å². The van der Waals surface area contributed by atoms with Crippen LogP contribution in [0.4, 0.5) is 8.78 Å². The third kappa shape index (κ3) is 4.02. The second-order valence-electron chi connectivity index (χ2n) is 4.24. The summed E-state index contributed by atoms with van der Waals surface area (Å²) in [5.41, 5.74) is 0.687. The number of hydrogen-bond acceptors (Lipinski definition) is 2. The molecule has 0 heterocycles. The third-order valence-electron chi connectivity index (χ3n) is 2.65. The van der Waals surface area contributed by atoms with Gasteiger partial charge >= 0.3 is 0 Å². The van der Waals surface area contributed by atoms with Gasteiger partial charge in [-0.25, -0.2) is 8.78 Å². The largest absolute Gasteiger partial charge is 0.457 e. The highest BCUT2D eigenvalue weighted by Crippen LogP contribution is 2.29. The number of benzene rings is 2. The highest BCUT2D eigenvalue weighted by atomic mass is 79.9. The summed E-state index contributed by atoms with van der Waals surface area (Å²) in [5, 5.41) is 3.11. The molecule has 0 aromatic heterocycles. The van der Waals surface area contributed by atoms with Crippen molar-refractivity contribution >= 4 is 15.9 Å². The Labute approximate surface area is 124 Å². The Balaban J connectivity index is 2.27. The lowest BCUT2D eigenvalue weighted by molar-refractivity contribution is 0.465. The molecule has 2 rings (SSSR count). The van der Waals surface area contributed by atoms with Crippen LogP contribution >= 0.6 is 15.9 Å². The van der Waals surface area contributed by atoms with E-state index >= 15 is 0 Å². The Hall–Kier alpha value is -1.46. The molecule has 1 N–H and O–H groups in total. The Kier molecular flexibility index (Phi) is 5.09. The van der Waals surface area contributed by atoms with Crippen LogP contribution in [0.5, 0.6) is 11.5 Å². The summed E-state index contributed by atoms with van der Waals surface area (Å²) in [5.74, 6) is 0.140. The minimum Gasteiger partial charge on any atom is -0.457 e. The Morgan fingerprint density at radius 2 is 1.90 bits per heavy atom. The van der Waals surface area contributed by atoms with Gasteiger partial charge in [0.05, 0.1) is 0 Å². The van der Waals surface area contributed by atoms with Crippen molar-refractivity contribution < 1.29 is 13.5 Å². The topological polar surface area (TPSA) is 21.3 Å². The first-order chi connectivity index (χ1) is 9.58. The third-order valence-corrected chi connectivity index (χ3v) is 3.11. The van der Waals surface area contributed by atoms with Crippen molar-refractivity contribution in [3.05, 3.63) is 58.1 Å². The average Bonchev–Trinajstić information content (AvgIpc) is 2.38. The Bertz CT molecular complexity index is 584. The fourth-order valence-electron chi connectivity index (χ4n) is 1.76. The van der Waals surface area contributed by atoms with E-state index in [9.17, 15) is 8.78 Å². The SMILES string of the molecule is CCNCc1cc(F)ccc1Oc1cc(F)cc(Br)c1. The molecule has 0 aliphatic rings. The fourth-order valence-corrected chi connectivity index (χ4v) is 2.20. The molecule has 20 heavy (non-hydrogen) atoms. The average molecular weight is 342 g/mol. The molecule has 0 radical (unpaired) electrons. The number of halogens is 3. The van der Waals surface area contributed by atoms with Gasteiger partial charge in [0.2, 0.25) is 0 Å². The summed E-state index contributed by atoms with van der Waals surface area (Å²) < 4.78 is 32.8. The minimum absolute atomic E-state index is 0.328. The Morgan fingerprint density at radius 1 is 1.10 bits per heavy atom. The molecule has 0 fully saturated rings. The van der Waals surface area contributed by atoms with E-state index < -0.39 is 5.82 Å². The van der Waals surface area contributed by atoms with Crippen LogP contribution in [0.25, 0.3) is 0 Å². The van der Waals surface area contributed by atoms with Crippen LogP contribution in [0, 0.1) is 11.6 Å². The fraction of sp³-hybridized carbons (Fsp3) is 0.200. The maximum absolute atomic E-state index is 13.3. The van der Waals surface area contributed by atoms with Crippen LogP contribution in [-0.2, 0) is 6.54 Å². The zero-order chi connectivity index (χ0) is 14.5. The van der Waals surface area contributed by atoms with E-state index in [2.05, 4.69) is 21.2 Å². The summed E-state index contributed by atoms with van der Waals surface area (Å²) in [7, 11) is 0. The van der Waals surface area contributed by atoms with E-state index in [-0.39, 0.29) is 5.82 Å². The van der Waals surface area contributed by atoms with Gasteiger partial charge in [0, 0.05) is 22.6 Å². The van der Waals surface area contributed by atoms with Crippen LogP contribution < -0.4 is 10.1 Å². The van der Waals surface area contributed by atoms with Gasteiger partial charge in [-0.05, 0) is 36.9 Å². The van der Waals surface area contributed by atoms with Crippen molar-refractivity contribution in [3.63, 3.8) is 0 Å². The first kappa shape index (κ1) is 14.9. The second-order valence-corrected chi connectivity index (χ2v) is 5.16. The predicted molar refractivity (Wildman–Crippen MR) is 78.0 cm³/mol. The van der Waals surface area contributed by atoms with Gasteiger partial charge in [-0.1, -0.05) is 22.9 Å². The van der Waals surface area contributed by atoms with Crippen LogP contribution in [0.3, 0.4) is 0 Å². The van der Waals surface area contributed by atoms with Crippen molar-refractivity contribution in [2.24, 2.45) is 0 Å². The summed E-state index contributed by atoms with van der Waals surface area (Å²) >= 11 is 3.21. The molecule has 2 nitrogen and oxygen atoms in total. The van der Waals surface area contributed by atoms with Crippen LogP contribution in [0.1, 0.15) is 12.5 Å². The lowest BCUT2D eigenvalue weighted by atomic mass is 10.2. The molecule has 0 spiro atoms. The smallest absolute Gasteiger partial charge is 0.132 e. The molecular formula is C15H14BrF2NO. The predicted octanol–water partition coefficient (Wildman–Crippen LogP) is 4.63. The summed E-state index contributed by atoms with van der Waals surface area (Å²) in [6, 6.07) is 8.55. The molecule has 0 amide bonds. The molecule has 106 valence electrons. The summed E-state index contributed by atoms with van der Waals surface area (Å²) in [6.45, 7) is 3.21. The van der Waals surface area contributed by atoms with Gasteiger partial charge < -0.3 is 10.1 Å². The van der Waals surface area contributed by atoms with Crippen molar-refractivity contribution in [1.29, 1.82) is 0 Å². The highest BCUT2D eigenvalue weighted by Gasteiger charge is 2.08. The van der Waals surface area contributed by atoms with Gasteiger partial charge in [0.25, 0.3) is 0 Å². The molecule has 5 heteroatoms. The van der Waals surface area contributed by atoms with Gasteiger partial charge in [-0.2, -0.15) is 0 Å². The van der Waals surface area contributed by atoms with E-state index in [1.54, 1.807) is 12.1 Å². The molecular weight excluding hydrogens is 328 g/mol. The lowest BCUT2D eigenvalue weighted by Crippen LogP contribution is -2.12. The van der Waals surface area contributed by atoms with E-state index in [4.69, 9.17) is 4.74 Å². The monoisotopic (exact) mass is 341 g/mol. The number of nitrogens with one attached hydrogen (secondary N) is 1. The molecule has 0 atom stereocenters.